The van der Waals surface area contributed by atoms with Gasteiger partial charge in [0.15, 0.2) is 0 Å². The second-order valence-corrected chi connectivity index (χ2v) is 4.66. The third-order valence-electron chi connectivity index (χ3n) is 2.47. The molecular weight excluding hydrogens is 230 g/mol. The first kappa shape index (κ1) is 11.8. The molecule has 17 heavy (non-hydrogen) atoms. The van der Waals surface area contributed by atoms with Gasteiger partial charge in [-0.3, -0.25) is 10.3 Å². The number of nitriles is 1. The number of aromatic nitrogens is 1. The first-order valence-electron chi connectivity index (χ1n) is 5.45. The summed E-state index contributed by atoms with van der Waals surface area (Å²) in [5, 5.41) is 14.4. The fraction of sp³-hybridized carbons (Fsp3) is 0.231. The highest BCUT2D eigenvalue weighted by molar-refractivity contribution is 7.09. The van der Waals surface area contributed by atoms with E-state index in [0.29, 0.717) is 0 Å². The summed E-state index contributed by atoms with van der Waals surface area (Å²) in [5.41, 5.74) is 0.966. The lowest BCUT2D eigenvalue weighted by molar-refractivity contribution is 0.631. The van der Waals surface area contributed by atoms with Crippen molar-refractivity contribution in [2.45, 2.75) is 12.5 Å². The summed E-state index contributed by atoms with van der Waals surface area (Å²) in [5.74, 6) is 0. The zero-order valence-corrected chi connectivity index (χ0v) is 10.2. The number of hydrogen-bond donors (Lipinski definition) is 1. The van der Waals surface area contributed by atoms with Crippen LogP contribution in [-0.2, 0) is 6.42 Å². The number of thiophene rings is 1. The molecule has 1 N–H and O–H groups in total. The van der Waals surface area contributed by atoms with E-state index in [1.807, 2.05) is 18.2 Å². The van der Waals surface area contributed by atoms with E-state index < -0.39 is 0 Å². The van der Waals surface area contributed by atoms with Crippen molar-refractivity contribution in [1.29, 1.82) is 5.26 Å². The lowest BCUT2D eigenvalue weighted by Gasteiger charge is -2.10. The fourth-order valence-corrected chi connectivity index (χ4v) is 2.30. The minimum Gasteiger partial charge on any atom is -0.298 e. The molecule has 0 aliphatic carbocycles. The summed E-state index contributed by atoms with van der Waals surface area (Å²) in [6, 6.07) is 9.90. The smallest absolute Gasteiger partial charge is 0.121 e. The average molecular weight is 243 g/mol. The fourth-order valence-electron chi connectivity index (χ4n) is 1.59. The highest BCUT2D eigenvalue weighted by Crippen LogP contribution is 2.12. The van der Waals surface area contributed by atoms with Crippen LogP contribution in [0.3, 0.4) is 0 Å². The monoisotopic (exact) mass is 243 g/mol. The maximum Gasteiger partial charge on any atom is 0.121 e. The van der Waals surface area contributed by atoms with Gasteiger partial charge in [0.05, 0.1) is 6.07 Å². The van der Waals surface area contributed by atoms with E-state index in [0.717, 1.165) is 18.5 Å². The largest absolute Gasteiger partial charge is 0.298 e. The van der Waals surface area contributed by atoms with Gasteiger partial charge in [0.25, 0.3) is 0 Å². The number of pyridine rings is 1. The van der Waals surface area contributed by atoms with Crippen molar-refractivity contribution in [1.82, 2.24) is 10.3 Å². The molecule has 3 nitrogen and oxygen atoms in total. The second-order valence-electron chi connectivity index (χ2n) is 3.63. The molecule has 4 heteroatoms. The van der Waals surface area contributed by atoms with Crippen molar-refractivity contribution < 1.29 is 0 Å². The van der Waals surface area contributed by atoms with Crippen LogP contribution in [0.2, 0.25) is 0 Å². The van der Waals surface area contributed by atoms with Gasteiger partial charge in [-0.15, -0.1) is 11.3 Å². The van der Waals surface area contributed by atoms with Gasteiger partial charge in [-0.2, -0.15) is 5.26 Å². The van der Waals surface area contributed by atoms with Gasteiger partial charge in [-0.05, 0) is 35.6 Å². The van der Waals surface area contributed by atoms with Crippen molar-refractivity contribution in [3.8, 4) is 6.07 Å². The van der Waals surface area contributed by atoms with Gasteiger partial charge in [-0.1, -0.05) is 6.07 Å². The summed E-state index contributed by atoms with van der Waals surface area (Å²) >= 11 is 1.75. The zero-order chi connectivity index (χ0) is 11.9. The third kappa shape index (κ3) is 3.38. The van der Waals surface area contributed by atoms with Crippen LogP contribution >= 0.6 is 11.3 Å². The molecule has 86 valence electrons. The van der Waals surface area contributed by atoms with Crippen molar-refractivity contribution in [3.05, 3.63) is 52.5 Å². The van der Waals surface area contributed by atoms with Crippen molar-refractivity contribution in [2.24, 2.45) is 0 Å². The van der Waals surface area contributed by atoms with Crippen LogP contribution in [0.1, 0.15) is 16.5 Å². The first-order valence-corrected chi connectivity index (χ1v) is 6.33. The molecule has 2 heterocycles. The molecule has 0 saturated carbocycles. The molecule has 0 aliphatic rings. The topological polar surface area (TPSA) is 48.7 Å². The van der Waals surface area contributed by atoms with Crippen LogP contribution in [0.4, 0.5) is 0 Å². The molecule has 0 saturated heterocycles. The van der Waals surface area contributed by atoms with Crippen LogP contribution in [0.15, 0.2) is 42.0 Å². The molecule has 2 aromatic heterocycles. The van der Waals surface area contributed by atoms with E-state index in [4.69, 9.17) is 5.26 Å². The van der Waals surface area contributed by atoms with Crippen LogP contribution in [-0.4, -0.2) is 11.5 Å². The minimum absolute atomic E-state index is 0.252. The molecule has 1 atom stereocenters. The zero-order valence-electron chi connectivity index (χ0n) is 9.34. The molecule has 1 unspecified atom stereocenters. The van der Waals surface area contributed by atoms with E-state index in [-0.39, 0.29) is 6.04 Å². The average Bonchev–Trinajstić information content (AvgIpc) is 2.89. The summed E-state index contributed by atoms with van der Waals surface area (Å²) in [4.78, 5) is 5.28. The van der Waals surface area contributed by atoms with Gasteiger partial charge >= 0.3 is 0 Å². The first-order chi connectivity index (χ1) is 8.40. The van der Waals surface area contributed by atoms with Gasteiger partial charge in [-0.25, -0.2) is 0 Å². The van der Waals surface area contributed by atoms with E-state index >= 15 is 0 Å². The van der Waals surface area contributed by atoms with Gasteiger partial charge in [0.1, 0.15) is 6.04 Å². The van der Waals surface area contributed by atoms with Gasteiger partial charge in [0.2, 0.25) is 0 Å². The Kier molecular flexibility index (Phi) is 4.25. The molecular formula is C13H13N3S. The molecule has 2 aromatic rings. The quantitative estimate of drug-likeness (QED) is 0.878. The highest BCUT2D eigenvalue weighted by atomic mass is 32.1. The number of nitrogens with one attached hydrogen (secondary N) is 1. The summed E-state index contributed by atoms with van der Waals surface area (Å²) < 4.78 is 0. The lowest BCUT2D eigenvalue weighted by Crippen LogP contribution is -2.22. The second kappa shape index (κ2) is 6.14. The Balaban J connectivity index is 1.87. The van der Waals surface area contributed by atoms with E-state index in [9.17, 15) is 0 Å². The number of rotatable bonds is 5. The van der Waals surface area contributed by atoms with Crippen molar-refractivity contribution in [2.75, 3.05) is 6.54 Å². The summed E-state index contributed by atoms with van der Waals surface area (Å²) in [7, 11) is 0. The van der Waals surface area contributed by atoms with Crippen LogP contribution in [0, 0.1) is 11.3 Å². The maximum atomic E-state index is 9.11. The Hall–Kier alpha value is -1.70. The highest BCUT2D eigenvalue weighted by Gasteiger charge is 2.08. The Bertz CT molecular complexity index is 473. The van der Waals surface area contributed by atoms with E-state index in [1.165, 1.54) is 4.88 Å². The predicted molar refractivity (Wildman–Crippen MR) is 68.6 cm³/mol. The lowest BCUT2D eigenvalue weighted by atomic mass is 10.1. The third-order valence-corrected chi connectivity index (χ3v) is 3.40. The number of nitrogens with zero attached hydrogens (tertiary/aromatic N) is 2. The Morgan fingerprint density at radius 3 is 2.82 bits per heavy atom. The molecule has 0 radical (unpaired) electrons. The Morgan fingerprint density at radius 1 is 1.35 bits per heavy atom. The molecule has 2 rings (SSSR count). The standard InChI is InChI=1S/C13H13N3S/c14-10-13(11-3-6-15-7-4-11)16-8-5-12-2-1-9-17-12/h1-4,6-7,9,13,16H,5,8H2. The van der Waals surface area contributed by atoms with Gasteiger partial charge < -0.3 is 0 Å². The summed E-state index contributed by atoms with van der Waals surface area (Å²) in [6.07, 6.45) is 4.38. The molecule has 0 amide bonds. The van der Waals surface area contributed by atoms with Crippen molar-refractivity contribution >= 4 is 11.3 Å². The van der Waals surface area contributed by atoms with Crippen molar-refractivity contribution in [3.63, 3.8) is 0 Å². The normalized spacial score (nSPS) is 11.9. The molecule has 0 fully saturated rings. The Labute approximate surface area is 105 Å². The SMILES string of the molecule is N#CC(NCCc1cccs1)c1ccncc1. The van der Waals surface area contributed by atoms with Crippen LogP contribution < -0.4 is 5.32 Å². The molecule has 0 spiro atoms. The summed E-state index contributed by atoms with van der Waals surface area (Å²) in [6.45, 7) is 0.807. The predicted octanol–water partition coefficient (Wildman–Crippen LogP) is 2.54. The molecule has 0 bridgehead atoms. The number of hydrogen-bond acceptors (Lipinski definition) is 4. The minimum atomic E-state index is -0.252. The van der Waals surface area contributed by atoms with Crippen LogP contribution in [0.5, 0.6) is 0 Å². The van der Waals surface area contributed by atoms with E-state index in [1.54, 1.807) is 23.7 Å². The van der Waals surface area contributed by atoms with Gasteiger partial charge in [0, 0.05) is 23.8 Å². The molecule has 0 aliphatic heterocycles. The maximum absolute atomic E-state index is 9.11. The van der Waals surface area contributed by atoms with E-state index in [2.05, 4.69) is 27.8 Å². The Morgan fingerprint density at radius 2 is 2.18 bits per heavy atom. The van der Waals surface area contributed by atoms with Crippen LogP contribution in [0.25, 0.3) is 0 Å². The molecule has 0 aromatic carbocycles.